The van der Waals surface area contributed by atoms with E-state index in [-0.39, 0.29) is 16.8 Å². The van der Waals surface area contributed by atoms with Crippen molar-refractivity contribution in [1.29, 1.82) is 0 Å². The van der Waals surface area contributed by atoms with Gasteiger partial charge in [-0.05, 0) is 77.7 Å². The highest BCUT2D eigenvalue weighted by Gasteiger charge is 2.34. The number of hydrogen-bond acceptors (Lipinski definition) is 3. The van der Waals surface area contributed by atoms with Crippen molar-refractivity contribution in [2.45, 2.75) is 92.4 Å². The predicted molar refractivity (Wildman–Crippen MR) is 147 cm³/mol. The Hall–Kier alpha value is -2.29. The van der Waals surface area contributed by atoms with E-state index in [0.717, 1.165) is 18.6 Å². The van der Waals surface area contributed by atoms with Crippen LogP contribution in [0.5, 0.6) is 5.75 Å². The summed E-state index contributed by atoms with van der Waals surface area (Å²) >= 11 is 0. The van der Waals surface area contributed by atoms with Crippen LogP contribution in [0.3, 0.4) is 0 Å². The minimum absolute atomic E-state index is 0.109. The van der Waals surface area contributed by atoms with Gasteiger partial charge in [-0.3, -0.25) is 0 Å². The maximum absolute atomic E-state index is 12.1. The molecule has 0 aliphatic carbocycles. The van der Waals surface area contributed by atoms with E-state index in [1.165, 1.54) is 31.2 Å². The largest absolute Gasteiger partial charge is 0.497 e. The summed E-state index contributed by atoms with van der Waals surface area (Å²) in [6, 6.07) is 17.8. The number of hydrogen-bond donors (Lipinski definition) is 0. The van der Waals surface area contributed by atoms with Crippen LogP contribution in [-0.4, -0.2) is 19.7 Å². The first-order chi connectivity index (χ1) is 16.3. The standard InChI is InChI=1S/C32H48O3/c1-25(20-22-35-29(33)26-14-10-9-11-15-26)13-12-21-30(2,3)23-31(4,5)24-32(6,7)27-16-18-28(34-8)19-17-27/h9-11,14-19,25H,12-13,20-24H2,1-8H3. The Morgan fingerprint density at radius 2 is 1.46 bits per heavy atom. The number of esters is 1. The van der Waals surface area contributed by atoms with Crippen LogP contribution in [0, 0.1) is 16.7 Å². The number of carbonyl (C=O) groups excluding carboxylic acids is 1. The summed E-state index contributed by atoms with van der Waals surface area (Å²) in [6.45, 7) is 17.2. The summed E-state index contributed by atoms with van der Waals surface area (Å²) < 4.78 is 10.8. The van der Waals surface area contributed by atoms with Crippen molar-refractivity contribution in [3.05, 3.63) is 65.7 Å². The molecule has 0 heterocycles. The fourth-order valence-corrected chi connectivity index (χ4v) is 5.87. The van der Waals surface area contributed by atoms with E-state index >= 15 is 0 Å². The van der Waals surface area contributed by atoms with Gasteiger partial charge in [-0.25, -0.2) is 4.79 Å². The molecule has 0 spiro atoms. The van der Waals surface area contributed by atoms with Gasteiger partial charge in [-0.15, -0.1) is 0 Å². The maximum atomic E-state index is 12.1. The minimum Gasteiger partial charge on any atom is -0.497 e. The van der Waals surface area contributed by atoms with Crippen LogP contribution in [0.1, 0.15) is 103 Å². The third-order valence-electron chi connectivity index (χ3n) is 7.15. The summed E-state index contributed by atoms with van der Waals surface area (Å²) in [6.07, 6.45) is 6.85. The highest BCUT2D eigenvalue weighted by Crippen LogP contribution is 2.45. The topological polar surface area (TPSA) is 35.5 Å². The number of carbonyl (C=O) groups is 1. The normalized spacial score (nSPS) is 13.4. The summed E-state index contributed by atoms with van der Waals surface area (Å²) in [5.41, 5.74) is 2.63. The number of rotatable bonds is 14. The van der Waals surface area contributed by atoms with Crippen molar-refractivity contribution in [3.8, 4) is 5.75 Å². The third kappa shape index (κ3) is 10.1. The Kier molecular flexibility index (Phi) is 10.4. The molecule has 0 aliphatic heterocycles. The van der Waals surface area contributed by atoms with E-state index in [0.29, 0.717) is 23.5 Å². The van der Waals surface area contributed by atoms with Crippen LogP contribution in [0.15, 0.2) is 54.6 Å². The Morgan fingerprint density at radius 1 is 0.829 bits per heavy atom. The molecule has 0 amide bonds. The number of benzene rings is 2. The molecule has 2 rings (SSSR count). The average molecular weight is 481 g/mol. The molecule has 0 saturated heterocycles. The van der Waals surface area contributed by atoms with E-state index < -0.39 is 0 Å². The van der Waals surface area contributed by atoms with Crippen LogP contribution in [0.2, 0.25) is 0 Å². The molecule has 0 N–H and O–H groups in total. The second-order valence-corrected chi connectivity index (χ2v) is 12.6. The molecule has 0 aromatic heterocycles. The molecule has 3 heteroatoms. The lowest BCUT2D eigenvalue weighted by Gasteiger charge is -2.40. The zero-order chi connectivity index (χ0) is 26.1. The fraction of sp³-hybridized carbons (Fsp3) is 0.594. The SMILES string of the molecule is COc1ccc(C(C)(C)CC(C)(C)CC(C)(C)CCCC(C)CCOC(=O)c2ccccc2)cc1. The van der Waals surface area contributed by atoms with E-state index in [2.05, 4.69) is 72.7 Å². The summed E-state index contributed by atoms with van der Waals surface area (Å²) in [5, 5.41) is 0. The highest BCUT2D eigenvalue weighted by molar-refractivity contribution is 5.89. The van der Waals surface area contributed by atoms with Crippen LogP contribution < -0.4 is 4.74 Å². The zero-order valence-electron chi connectivity index (χ0n) is 23.4. The lowest BCUT2D eigenvalue weighted by atomic mass is 9.65. The maximum Gasteiger partial charge on any atom is 0.338 e. The van der Waals surface area contributed by atoms with Crippen molar-refractivity contribution in [1.82, 2.24) is 0 Å². The second kappa shape index (κ2) is 12.6. The minimum atomic E-state index is -0.223. The summed E-state index contributed by atoms with van der Waals surface area (Å²) in [7, 11) is 1.72. The first-order valence-corrected chi connectivity index (χ1v) is 13.2. The number of methoxy groups -OCH3 is 1. The Balaban J connectivity index is 1.76. The summed E-state index contributed by atoms with van der Waals surface area (Å²) in [5.74, 6) is 1.24. The van der Waals surface area contributed by atoms with Crippen molar-refractivity contribution in [3.63, 3.8) is 0 Å². The Morgan fingerprint density at radius 3 is 2.06 bits per heavy atom. The van der Waals surface area contributed by atoms with Gasteiger partial charge in [-0.1, -0.05) is 91.6 Å². The molecule has 0 saturated carbocycles. The Bertz CT molecular complexity index is 894. The molecule has 0 bridgehead atoms. The van der Waals surface area contributed by atoms with E-state index in [9.17, 15) is 4.79 Å². The van der Waals surface area contributed by atoms with E-state index in [1.807, 2.05) is 18.2 Å². The molecular weight excluding hydrogens is 432 g/mol. The van der Waals surface area contributed by atoms with Crippen LogP contribution in [-0.2, 0) is 10.2 Å². The molecule has 0 radical (unpaired) electrons. The smallest absolute Gasteiger partial charge is 0.338 e. The first kappa shape index (κ1) is 28.9. The fourth-order valence-electron chi connectivity index (χ4n) is 5.87. The van der Waals surface area contributed by atoms with Gasteiger partial charge in [-0.2, -0.15) is 0 Å². The molecule has 2 aromatic rings. The predicted octanol–water partition coefficient (Wildman–Crippen LogP) is 8.86. The van der Waals surface area contributed by atoms with E-state index in [1.54, 1.807) is 19.2 Å². The third-order valence-corrected chi connectivity index (χ3v) is 7.15. The van der Waals surface area contributed by atoms with Crippen LogP contribution in [0.25, 0.3) is 0 Å². The molecule has 0 aliphatic rings. The molecule has 194 valence electrons. The zero-order valence-corrected chi connectivity index (χ0v) is 23.4. The van der Waals surface area contributed by atoms with Crippen molar-refractivity contribution in [2.24, 2.45) is 16.7 Å². The van der Waals surface area contributed by atoms with Crippen LogP contribution >= 0.6 is 0 Å². The van der Waals surface area contributed by atoms with Gasteiger partial charge >= 0.3 is 5.97 Å². The van der Waals surface area contributed by atoms with Gasteiger partial charge in [0.15, 0.2) is 0 Å². The lowest BCUT2D eigenvalue weighted by Crippen LogP contribution is -2.31. The Labute approximate surface area is 214 Å². The molecule has 2 aromatic carbocycles. The second-order valence-electron chi connectivity index (χ2n) is 12.6. The average Bonchev–Trinajstić information content (AvgIpc) is 2.78. The van der Waals surface area contributed by atoms with Crippen molar-refractivity contribution in [2.75, 3.05) is 13.7 Å². The lowest BCUT2D eigenvalue weighted by molar-refractivity contribution is 0.0483. The van der Waals surface area contributed by atoms with Crippen molar-refractivity contribution >= 4 is 5.97 Å². The molecule has 1 unspecified atom stereocenters. The number of ether oxygens (including phenoxy) is 2. The van der Waals surface area contributed by atoms with Gasteiger partial charge in [0.05, 0.1) is 19.3 Å². The summed E-state index contributed by atoms with van der Waals surface area (Å²) in [4.78, 5) is 12.1. The van der Waals surface area contributed by atoms with Gasteiger partial charge < -0.3 is 9.47 Å². The monoisotopic (exact) mass is 480 g/mol. The first-order valence-electron chi connectivity index (χ1n) is 13.2. The van der Waals surface area contributed by atoms with Crippen LogP contribution in [0.4, 0.5) is 0 Å². The molecule has 35 heavy (non-hydrogen) atoms. The van der Waals surface area contributed by atoms with Gasteiger partial charge in [0, 0.05) is 0 Å². The molecule has 0 fully saturated rings. The molecular formula is C32H48O3. The van der Waals surface area contributed by atoms with Gasteiger partial charge in [0.1, 0.15) is 5.75 Å². The van der Waals surface area contributed by atoms with E-state index in [4.69, 9.17) is 9.47 Å². The van der Waals surface area contributed by atoms with Gasteiger partial charge in [0.25, 0.3) is 0 Å². The van der Waals surface area contributed by atoms with Gasteiger partial charge in [0.2, 0.25) is 0 Å². The quantitative estimate of drug-likeness (QED) is 0.253. The molecule has 3 nitrogen and oxygen atoms in total. The molecule has 1 atom stereocenters. The van der Waals surface area contributed by atoms with Crippen molar-refractivity contribution < 1.29 is 14.3 Å². The highest BCUT2D eigenvalue weighted by atomic mass is 16.5.